The minimum atomic E-state index is -0.0986. The summed E-state index contributed by atoms with van der Waals surface area (Å²) in [6.45, 7) is 0.527. The van der Waals surface area contributed by atoms with Crippen LogP contribution in [0.1, 0.15) is 6.42 Å². The highest BCUT2D eigenvalue weighted by Gasteiger charge is 2.03. The number of aromatic amines is 1. The number of para-hydroxylation sites is 1. The van der Waals surface area contributed by atoms with Crippen LogP contribution >= 0.6 is 0 Å². The number of H-pyrrole nitrogens is 1. The lowest BCUT2D eigenvalue weighted by Crippen LogP contribution is -2.05. The van der Waals surface area contributed by atoms with E-state index in [1.807, 2.05) is 24.3 Å². The summed E-state index contributed by atoms with van der Waals surface area (Å²) in [6.07, 6.45) is 0.397. The first-order chi connectivity index (χ1) is 6.83. The van der Waals surface area contributed by atoms with Crippen molar-refractivity contribution < 1.29 is 0 Å². The standard InChI is InChI=1S/C10H9N3O/c11-6-3-7-13-9-5-2-1-4-8(9)10(14)12-13/h1-2,4-5H,3,7H2,(H,12,14). The van der Waals surface area contributed by atoms with Crippen LogP contribution in [0.3, 0.4) is 0 Å². The fraction of sp³-hybridized carbons (Fsp3) is 0.200. The normalized spacial score (nSPS) is 10.2. The van der Waals surface area contributed by atoms with Gasteiger partial charge in [0, 0.05) is 0 Å². The van der Waals surface area contributed by atoms with Crippen LogP contribution in [0.25, 0.3) is 10.9 Å². The quantitative estimate of drug-likeness (QED) is 0.768. The summed E-state index contributed by atoms with van der Waals surface area (Å²) in [5, 5.41) is 11.8. The number of aromatic nitrogens is 2. The Kier molecular flexibility index (Phi) is 2.07. The number of nitriles is 1. The van der Waals surface area contributed by atoms with Crippen LogP contribution in [-0.4, -0.2) is 9.78 Å². The van der Waals surface area contributed by atoms with Gasteiger partial charge in [0.25, 0.3) is 5.56 Å². The number of nitrogens with zero attached hydrogens (tertiary/aromatic N) is 2. The van der Waals surface area contributed by atoms with E-state index in [1.165, 1.54) is 0 Å². The van der Waals surface area contributed by atoms with Crippen LogP contribution in [0, 0.1) is 11.3 Å². The van der Waals surface area contributed by atoms with Crippen molar-refractivity contribution in [3.05, 3.63) is 34.6 Å². The molecule has 14 heavy (non-hydrogen) atoms. The highest BCUT2D eigenvalue weighted by Crippen LogP contribution is 2.08. The predicted octanol–water partition coefficient (Wildman–Crippen LogP) is 1.24. The van der Waals surface area contributed by atoms with Crippen LogP contribution in [0.2, 0.25) is 0 Å². The molecule has 1 aromatic carbocycles. The average Bonchev–Trinajstić information content (AvgIpc) is 2.54. The molecule has 0 aliphatic heterocycles. The zero-order chi connectivity index (χ0) is 9.97. The Morgan fingerprint density at radius 1 is 1.43 bits per heavy atom. The van der Waals surface area contributed by atoms with Gasteiger partial charge in [-0.25, -0.2) is 0 Å². The number of benzene rings is 1. The Bertz CT molecular complexity index is 544. The minimum Gasteiger partial charge on any atom is -0.283 e. The van der Waals surface area contributed by atoms with Crippen LogP contribution in [0.15, 0.2) is 29.1 Å². The summed E-state index contributed by atoms with van der Waals surface area (Å²) < 4.78 is 1.71. The highest BCUT2D eigenvalue weighted by atomic mass is 16.1. The van der Waals surface area contributed by atoms with E-state index >= 15 is 0 Å². The van der Waals surface area contributed by atoms with Gasteiger partial charge in [-0.3, -0.25) is 14.6 Å². The maximum Gasteiger partial charge on any atom is 0.271 e. The molecule has 2 aromatic rings. The van der Waals surface area contributed by atoms with Crippen molar-refractivity contribution in [3.63, 3.8) is 0 Å². The molecule has 0 aliphatic carbocycles. The topological polar surface area (TPSA) is 61.6 Å². The van der Waals surface area contributed by atoms with Crippen molar-refractivity contribution in [2.24, 2.45) is 0 Å². The fourth-order valence-corrected chi connectivity index (χ4v) is 1.48. The van der Waals surface area contributed by atoms with E-state index in [1.54, 1.807) is 10.7 Å². The van der Waals surface area contributed by atoms with E-state index in [9.17, 15) is 4.79 Å². The van der Waals surface area contributed by atoms with Crippen LogP contribution in [0.5, 0.6) is 0 Å². The molecule has 0 saturated heterocycles. The summed E-state index contributed by atoms with van der Waals surface area (Å²) in [5.41, 5.74) is 0.756. The van der Waals surface area contributed by atoms with E-state index in [0.717, 1.165) is 5.52 Å². The van der Waals surface area contributed by atoms with E-state index in [2.05, 4.69) is 5.10 Å². The van der Waals surface area contributed by atoms with Crippen molar-refractivity contribution in [1.82, 2.24) is 9.78 Å². The second kappa shape index (κ2) is 3.38. The van der Waals surface area contributed by atoms with Crippen molar-refractivity contribution in [1.29, 1.82) is 5.26 Å². The Balaban J connectivity index is 2.57. The van der Waals surface area contributed by atoms with Gasteiger partial charge >= 0.3 is 0 Å². The first-order valence-corrected chi connectivity index (χ1v) is 4.37. The summed E-state index contributed by atoms with van der Waals surface area (Å²) >= 11 is 0. The largest absolute Gasteiger partial charge is 0.283 e. The zero-order valence-corrected chi connectivity index (χ0v) is 7.53. The molecule has 4 heteroatoms. The van der Waals surface area contributed by atoms with Gasteiger partial charge in [0.1, 0.15) is 0 Å². The second-order valence-electron chi connectivity index (χ2n) is 3.02. The van der Waals surface area contributed by atoms with Crippen molar-refractivity contribution in [2.75, 3.05) is 0 Å². The van der Waals surface area contributed by atoms with Crippen molar-refractivity contribution >= 4 is 10.9 Å². The van der Waals surface area contributed by atoms with Crippen LogP contribution < -0.4 is 5.56 Å². The Labute approximate surface area is 80.4 Å². The van der Waals surface area contributed by atoms with E-state index in [4.69, 9.17) is 5.26 Å². The van der Waals surface area contributed by atoms with Crippen LogP contribution in [0.4, 0.5) is 0 Å². The maximum atomic E-state index is 11.4. The molecule has 1 heterocycles. The van der Waals surface area contributed by atoms with Gasteiger partial charge in [-0.2, -0.15) is 5.26 Å². The molecule has 0 radical (unpaired) electrons. The van der Waals surface area contributed by atoms with Gasteiger partial charge in [0.2, 0.25) is 0 Å². The molecular formula is C10H9N3O. The Morgan fingerprint density at radius 2 is 2.21 bits per heavy atom. The lowest BCUT2D eigenvalue weighted by atomic mass is 10.2. The second-order valence-corrected chi connectivity index (χ2v) is 3.02. The van der Waals surface area contributed by atoms with Gasteiger partial charge < -0.3 is 0 Å². The number of hydrogen-bond acceptors (Lipinski definition) is 2. The molecule has 1 N–H and O–H groups in total. The maximum absolute atomic E-state index is 11.4. The van der Waals surface area contributed by atoms with E-state index in [-0.39, 0.29) is 5.56 Å². The van der Waals surface area contributed by atoms with E-state index < -0.39 is 0 Å². The third-order valence-electron chi connectivity index (χ3n) is 2.12. The van der Waals surface area contributed by atoms with E-state index in [0.29, 0.717) is 18.4 Å². The van der Waals surface area contributed by atoms with Crippen molar-refractivity contribution in [3.8, 4) is 6.07 Å². The molecule has 70 valence electrons. The highest BCUT2D eigenvalue weighted by molar-refractivity contribution is 5.78. The predicted molar refractivity (Wildman–Crippen MR) is 52.8 cm³/mol. The molecule has 0 amide bonds. The molecule has 1 aromatic heterocycles. The van der Waals surface area contributed by atoms with Gasteiger partial charge in [-0.05, 0) is 12.1 Å². The first kappa shape index (κ1) is 8.57. The molecule has 0 aliphatic rings. The van der Waals surface area contributed by atoms with Crippen LogP contribution in [-0.2, 0) is 6.54 Å². The molecule has 0 unspecified atom stereocenters. The van der Waals surface area contributed by atoms with Crippen molar-refractivity contribution in [2.45, 2.75) is 13.0 Å². The summed E-state index contributed by atoms with van der Waals surface area (Å²) in [4.78, 5) is 11.4. The number of hydrogen-bond donors (Lipinski definition) is 1. The third kappa shape index (κ3) is 1.29. The Hall–Kier alpha value is -2.02. The lowest BCUT2D eigenvalue weighted by molar-refractivity contribution is 0.642. The molecular weight excluding hydrogens is 178 g/mol. The SMILES string of the molecule is N#CCCn1[nH]c(=O)c2ccccc21. The van der Waals surface area contributed by atoms with Gasteiger partial charge in [0.05, 0.1) is 29.9 Å². The number of nitrogens with one attached hydrogen (secondary N) is 1. The molecule has 0 fully saturated rings. The molecule has 0 atom stereocenters. The molecule has 0 spiro atoms. The zero-order valence-electron chi connectivity index (χ0n) is 7.53. The van der Waals surface area contributed by atoms with Gasteiger partial charge in [-0.15, -0.1) is 0 Å². The molecule has 2 rings (SSSR count). The Morgan fingerprint density at radius 3 is 3.00 bits per heavy atom. The third-order valence-corrected chi connectivity index (χ3v) is 2.12. The summed E-state index contributed by atoms with van der Waals surface area (Å²) in [5.74, 6) is 0. The summed E-state index contributed by atoms with van der Waals surface area (Å²) in [7, 11) is 0. The monoisotopic (exact) mass is 187 g/mol. The number of fused-ring (bicyclic) bond motifs is 1. The molecule has 0 saturated carbocycles. The molecule has 4 nitrogen and oxygen atoms in total. The summed E-state index contributed by atoms with van der Waals surface area (Å²) in [6, 6.07) is 9.39. The average molecular weight is 187 g/mol. The molecule has 0 bridgehead atoms. The van der Waals surface area contributed by atoms with Gasteiger partial charge in [0.15, 0.2) is 0 Å². The number of aryl methyl sites for hydroxylation is 1. The first-order valence-electron chi connectivity index (χ1n) is 4.37. The fourth-order valence-electron chi connectivity index (χ4n) is 1.48. The minimum absolute atomic E-state index is 0.0986. The smallest absolute Gasteiger partial charge is 0.271 e. The lowest BCUT2D eigenvalue weighted by Gasteiger charge is -1.98. The number of rotatable bonds is 2. The van der Waals surface area contributed by atoms with Gasteiger partial charge in [-0.1, -0.05) is 12.1 Å².